The lowest BCUT2D eigenvalue weighted by atomic mass is 10.2. The van der Waals surface area contributed by atoms with Crippen LogP contribution < -0.4 is 5.73 Å². The molecule has 2 N–H and O–H groups in total. The molecule has 1 rings (SSSR count). The zero-order valence-corrected chi connectivity index (χ0v) is 12.3. The minimum atomic E-state index is 0.657. The normalized spacial score (nSPS) is 11.6. The van der Waals surface area contributed by atoms with Crippen molar-refractivity contribution in [1.82, 2.24) is 4.90 Å². The summed E-state index contributed by atoms with van der Waals surface area (Å²) < 4.78 is 0. The summed E-state index contributed by atoms with van der Waals surface area (Å²) in [5, 5.41) is 0. The largest absolute Gasteiger partial charge is 0.370 e. The molecule has 0 spiro atoms. The average molecular weight is 265 g/mol. The molecule has 0 unspecified atom stereocenters. The Morgan fingerprint density at radius 3 is 2.39 bits per heavy atom. The Bertz CT molecular complexity index is 369. The molecule has 0 atom stereocenters. The summed E-state index contributed by atoms with van der Waals surface area (Å²) in [5.74, 6) is 1.62. The van der Waals surface area contributed by atoms with Crippen LogP contribution in [-0.4, -0.2) is 36.2 Å². The van der Waals surface area contributed by atoms with Gasteiger partial charge in [0.15, 0.2) is 5.96 Å². The molecule has 0 aromatic heterocycles. The maximum atomic E-state index is 5.90. The molecule has 18 heavy (non-hydrogen) atoms. The summed E-state index contributed by atoms with van der Waals surface area (Å²) in [6.07, 6.45) is 0. The van der Waals surface area contributed by atoms with Crippen molar-refractivity contribution < 1.29 is 0 Å². The van der Waals surface area contributed by atoms with Gasteiger partial charge in [0.25, 0.3) is 0 Å². The number of rotatable bonds is 6. The van der Waals surface area contributed by atoms with Gasteiger partial charge in [0.05, 0.1) is 6.54 Å². The van der Waals surface area contributed by atoms with Crippen LogP contribution in [0.15, 0.2) is 34.2 Å². The summed E-state index contributed by atoms with van der Waals surface area (Å²) in [7, 11) is 0. The lowest BCUT2D eigenvalue weighted by Gasteiger charge is -2.19. The van der Waals surface area contributed by atoms with E-state index in [1.165, 1.54) is 10.5 Å². The van der Waals surface area contributed by atoms with E-state index in [4.69, 9.17) is 5.73 Å². The van der Waals surface area contributed by atoms with Gasteiger partial charge in [0, 0.05) is 23.7 Å². The Labute approximate surface area is 114 Å². The van der Waals surface area contributed by atoms with Crippen LogP contribution >= 0.6 is 11.8 Å². The van der Waals surface area contributed by atoms with Crippen LogP contribution in [0.25, 0.3) is 0 Å². The van der Waals surface area contributed by atoms with E-state index in [0.717, 1.165) is 25.4 Å². The minimum Gasteiger partial charge on any atom is -0.370 e. The summed E-state index contributed by atoms with van der Waals surface area (Å²) in [4.78, 5) is 7.75. The summed E-state index contributed by atoms with van der Waals surface area (Å²) in [6.45, 7) is 8.87. The lowest BCUT2D eigenvalue weighted by Crippen LogP contribution is -2.37. The Hall–Kier alpha value is -1.16. The van der Waals surface area contributed by atoms with Crippen molar-refractivity contribution in [1.29, 1.82) is 0 Å². The molecule has 0 heterocycles. The van der Waals surface area contributed by atoms with Crippen molar-refractivity contribution in [3.8, 4) is 0 Å². The van der Waals surface area contributed by atoms with Gasteiger partial charge in [-0.05, 0) is 32.9 Å². The molecular formula is C14H23N3S. The molecule has 0 aliphatic heterocycles. The quantitative estimate of drug-likeness (QED) is 0.372. The Morgan fingerprint density at radius 1 is 1.22 bits per heavy atom. The topological polar surface area (TPSA) is 41.6 Å². The highest BCUT2D eigenvalue weighted by Crippen LogP contribution is 2.17. The molecule has 1 aromatic carbocycles. The fourth-order valence-electron chi connectivity index (χ4n) is 1.61. The fourth-order valence-corrected chi connectivity index (χ4v) is 2.35. The van der Waals surface area contributed by atoms with E-state index < -0.39 is 0 Å². The monoisotopic (exact) mass is 265 g/mol. The molecule has 0 radical (unpaired) electrons. The van der Waals surface area contributed by atoms with E-state index >= 15 is 0 Å². The second kappa shape index (κ2) is 8.03. The molecule has 0 saturated heterocycles. The maximum absolute atomic E-state index is 5.90. The van der Waals surface area contributed by atoms with Crippen LogP contribution in [0.5, 0.6) is 0 Å². The number of nitrogens with zero attached hydrogens (tertiary/aromatic N) is 2. The highest BCUT2D eigenvalue weighted by Gasteiger charge is 2.01. The molecular weight excluding hydrogens is 242 g/mol. The van der Waals surface area contributed by atoms with Gasteiger partial charge in [-0.3, -0.25) is 4.99 Å². The molecule has 0 aliphatic rings. The van der Waals surface area contributed by atoms with Crippen LogP contribution in [0, 0.1) is 6.92 Å². The van der Waals surface area contributed by atoms with Gasteiger partial charge in [0.1, 0.15) is 0 Å². The number of thioether (sulfide) groups is 1. The predicted octanol–water partition coefficient (Wildman–Crippen LogP) is 2.74. The zero-order chi connectivity index (χ0) is 13.4. The number of guanidine groups is 1. The minimum absolute atomic E-state index is 0.657. The van der Waals surface area contributed by atoms with Crippen molar-refractivity contribution in [2.24, 2.45) is 10.7 Å². The van der Waals surface area contributed by atoms with Crippen LogP contribution in [0.4, 0.5) is 0 Å². The van der Waals surface area contributed by atoms with Crippen molar-refractivity contribution in [2.45, 2.75) is 25.7 Å². The highest BCUT2D eigenvalue weighted by molar-refractivity contribution is 7.99. The average Bonchev–Trinajstić information content (AvgIpc) is 2.38. The number of benzene rings is 1. The van der Waals surface area contributed by atoms with Gasteiger partial charge in [-0.2, -0.15) is 0 Å². The Kier molecular flexibility index (Phi) is 6.65. The Morgan fingerprint density at radius 2 is 1.83 bits per heavy atom. The predicted molar refractivity (Wildman–Crippen MR) is 81.3 cm³/mol. The molecule has 100 valence electrons. The van der Waals surface area contributed by atoms with Crippen LogP contribution in [0.1, 0.15) is 19.4 Å². The van der Waals surface area contributed by atoms with E-state index in [0.29, 0.717) is 5.96 Å². The number of hydrogen-bond acceptors (Lipinski definition) is 2. The van der Waals surface area contributed by atoms with E-state index in [1.807, 2.05) is 11.8 Å². The van der Waals surface area contributed by atoms with Gasteiger partial charge in [0.2, 0.25) is 0 Å². The molecule has 1 aromatic rings. The van der Waals surface area contributed by atoms with Crippen LogP contribution in [0.3, 0.4) is 0 Å². The van der Waals surface area contributed by atoms with Crippen molar-refractivity contribution in [2.75, 3.05) is 25.4 Å². The second-order valence-electron chi connectivity index (χ2n) is 4.07. The molecule has 3 nitrogen and oxygen atoms in total. The fraction of sp³-hybridized carbons (Fsp3) is 0.500. The van der Waals surface area contributed by atoms with Gasteiger partial charge < -0.3 is 10.6 Å². The molecule has 0 aliphatic carbocycles. The smallest absolute Gasteiger partial charge is 0.191 e. The van der Waals surface area contributed by atoms with Gasteiger partial charge in [-0.1, -0.05) is 17.7 Å². The first-order valence-corrected chi connectivity index (χ1v) is 7.40. The SMILES string of the molecule is CCN(CC)C(N)=NCCSc1ccc(C)cc1. The summed E-state index contributed by atoms with van der Waals surface area (Å²) >= 11 is 1.82. The van der Waals surface area contributed by atoms with Gasteiger partial charge in [-0.25, -0.2) is 0 Å². The Balaban J connectivity index is 2.33. The van der Waals surface area contributed by atoms with Crippen molar-refractivity contribution in [3.63, 3.8) is 0 Å². The third-order valence-electron chi connectivity index (χ3n) is 2.74. The second-order valence-corrected chi connectivity index (χ2v) is 5.24. The first-order valence-electron chi connectivity index (χ1n) is 6.41. The van der Waals surface area contributed by atoms with Crippen LogP contribution in [-0.2, 0) is 0 Å². The highest BCUT2D eigenvalue weighted by atomic mass is 32.2. The van der Waals surface area contributed by atoms with E-state index in [9.17, 15) is 0 Å². The first-order chi connectivity index (χ1) is 8.67. The standard InChI is InChI=1S/C14H23N3S/c1-4-17(5-2)14(15)16-10-11-18-13-8-6-12(3)7-9-13/h6-9H,4-5,10-11H2,1-3H3,(H2,15,16). The summed E-state index contributed by atoms with van der Waals surface area (Å²) in [5.41, 5.74) is 7.20. The number of aliphatic imine (C=N–C) groups is 1. The number of hydrogen-bond donors (Lipinski definition) is 1. The molecule has 4 heteroatoms. The third kappa shape index (κ3) is 5.00. The molecule has 0 saturated carbocycles. The molecule has 0 bridgehead atoms. The zero-order valence-electron chi connectivity index (χ0n) is 11.5. The van der Waals surface area contributed by atoms with Gasteiger partial charge >= 0.3 is 0 Å². The number of nitrogens with two attached hydrogens (primary N) is 1. The maximum Gasteiger partial charge on any atom is 0.191 e. The van der Waals surface area contributed by atoms with Crippen molar-refractivity contribution in [3.05, 3.63) is 29.8 Å². The van der Waals surface area contributed by atoms with E-state index in [-0.39, 0.29) is 0 Å². The van der Waals surface area contributed by atoms with Gasteiger partial charge in [-0.15, -0.1) is 11.8 Å². The van der Waals surface area contributed by atoms with E-state index in [2.05, 4.69) is 54.9 Å². The summed E-state index contributed by atoms with van der Waals surface area (Å²) in [6, 6.07) is 8.57. The molecule has 0 fully saturated rings. The lowest BCUT2D eigenvalue weighted by molar-refractivity contribution is 0.458. The van der Waals surface area contributed by atoms with Crippen molar-refractivity contribution >= 4 is 17.7 Å². The third-order valence-corrected chi connectivity index (χ3v) is 3.73. The number of aryl methyl sites for hydroxylation is 1. The first kappa shape index (κ1) is 14.9. The van der Waals surface area contributed by atoms with Crippen LogP contribution in [0.2, 0.25) is 0 Å². The molecule has 0 amide bonds. The van der Waals surface area contributed by atoms with E-state index in [1.54, 1.807) is 0 Å².